The van der Waals surface area contributed by atoms with Crippen molar-refractivity contribution in [1.29, 1.82) is 0 Å². The van der Waals surface area contributed by atoms with E-state index < -0.39 is 0 Å². The summed E-state index contributed by atoms with van der Waals surface area (Å²) >= 11 is 1.15. The molecule has 0 aliphatic carbocycles. The first kappa shape index (κ1) is 18.1. The maximum Gasteiger partial charge on any atom is 0.277 e. The van der Waals surface area contributed by atoms with Crippen molar-refractivity contribution in [3.8, 4) is 11.5 Å². The summed E-state index contributed by atoms with van der Waals surface area (Å²) in [6, 6.07) is 12.3. The van der Waals surface area contributed by atoms with Crippen LogP contribution < -0.4 is 5.32 Å². The quantitative estimate of drug-likeness (QED) is 0.666. The number of benzene rings is 2. The molecular formula is C19H18FN3O2S. The Morgan fingerprint density at radius 2 is 1.88 bits per heavy atom. The topological polar surface area (TPSA) is 68.0 Å². The number of thioether (sulfide) groups is 1. The molecule has 1 aromatic heterocycles. The van der Waals surface area contributed by atoms with Crippen LogP contribution in [0.15, 0.2) is 52.1 Å². The van der Waals surface area contributed by atoms with Crippen LogP contribution in [0.4, 0.5) is 4.39 Å². The highest BCUT2D eigenvalue weighted by atomic mass is 32.2. The van der Waals surface area contributed by atoms with Gasteiger partial charge in [0.2, 0.25) is 11.8 Å². The molecule has 0 fully saturated rings. The van der Waals surface area contributed by atoms with Gasteiger partial charge in [0.25, 0.3) is 5.22 Å². The summed E-state index contributed by atoms with van der Waals surface area (Å²) in [7, 11) is 0. The minimum atomic E-state index is -0.338. The molecule has 0 aliphatic rings. The van der Waals surface area contributed by atoms with E-state index in [0.29, 0.717) is 16.7 Å². The molecule has 5 nitrogen and oxygen atoms in total. The zero-order chi connectivity index (χ0) is 18.5. The largest absolute Gasteiger partial charge is 0.411 e. The van der Waals surface area contributed by atoms with Crippen LogP contribution in [0.5, 0.6) is 0 Å². The lowest BCUT2D eigenvalue weighted by Crippen LogP contribution is -2.25. The Bertz CT molecular complexity index is 906. The van der Waals surface area contributed by atoms with Gasteiger partial charge >= 0.3 is 0 Å². The number of hydrogen-bond donors (Lipinski definition) is 1. The second-order valence-corrected chi connectivity index (χ2v) is 6.83. The highest BCUT2D eigenvalue weighted by Crippen LogP contribution is 2.24. The standard InChI is InChI=1S/C19H18FN3O2S/c1-12-7-13(2)9-15(8-12)18-22-23-19(25-18)26-11-17(24)21-10-14-5-3-4-6-16(14)20/h3-9H,10-11H2,1-2H3,(H,21,24). The molecule has 7 heteroatoms. The molecule has 0 unspecified atom stereocenters. The van der Waals surface area contributed by atoms with Crippen molar-refractivity contribution in [2.75, 3.05) is 5.75 Å². The minimum Gasteiger partial charge on any atom is -0.411 e. The van der Waals surface area contributed by atoms with Gasteiger partial charge in [0.1, 0.15) is 5.82 Å². The summed E-state index contributed by atoms with van der Waals surface area (Å²) in [4.78, 5) is 11.9. The fraction of sp³-hybridized carbons (Fsp3) is 0.211. The van der Waals surface area contributed by atoms with Gasteiger partial charge in [-0.05, 0) is 32.0 Å². The van der Waals surface area contributed by atoms with Crippen LogP contribution in [0.25, 0.3) is 11.5 Å². The summed E-state index contributed by atoms with van der Waals surface area (Å²) in [6.45, 7) is 4.15. The smallest absolute Gasteiger partial charge is 0.277 e. The predicted octanol–water partition coefficient (Wildman–Crippen LogP) is 3.90. The van der Waals surface area contributed by atoms with Crippen molar-refractivity contribution < 1.29 is 13.6 Å². The molecule has 3 rings (SSSR count). The Morgan fingerprint density at radius 3 is 2.62 bits per heavy atom. The number of carbonyl (C=O) groups excluding carboxylic acids is 1. The van der Waals surface area contributed by atoms with Gasteiger partial charge in [-0.2, -0.15) is 0 Å². The normalized spacial score (nSPS) is 10.7. The summed E-state index contributed by atoms with van der Waals surface area (Å²) in [5.74, 6) is -0.0333. The fourth-order valence-corrected chi connectivity index (χ4v) is 3.09. The van der Waals surface area contributed by atoms with Crippen LogP contribution in [-0.2, 0) is 11.3 Å². The lowest BCUT2D eigenvalue weighted by Gasteiger charge is -2.05. The maximum absolute atomic E-state index is 13.5. The molecule has 0 aliphatic heterocycles. The molecular weight excluding hydrogens is 353 g/mol. The highest BCUT2D eigenvalue weighted by molar-refractivity contribution is 7.99. The Morgan fingerprint density at radius 1 is 1.15 bits per heavy atom. The predicted molar refractivity (Wildman–Crippen MR) is 98.2 cm³/mol. The van der Waals surface area contributed by atoms with E-state index in [2.05, 4.69) is 21.6 Å². The molecule has 3 aromatic rings. The van der Waals surface area contributed by atoms with Gasteiger partial charge in [0.05, 0.1) is 5.75 Å². The van der Waals surface area contributed by atoms with Crippen LogP contribution in [-0.4, -0.2) is 21.9 Å². The van der Waals surface area contributed by atoms with Gasteiger partial charge in [0.15, 0.2) is 0 Å². The first-order valence-corrected chi connectivity index (χ1v) is 9.05. The van der Waals surface area contributed by atoms with Gasteiger partial charge in [0, 0.05) is 17.7 Å². The van der Waals surface area contributed by atoms with Gasteiger partial charge in [-0.1, -0.05) is 47.2 Å². The van der Waals surface area contributed by atoms with Crippen molar-refractivity contribution >= 4 is 17.7 Å². The Balaban J connectivity index is 1.54. The fourth-order valence-electron chi connectivity index (χ4n) is 2.50. The van der Waals surface area contributed by atoms with Gasteiger partial charge in [-0.15, -0.1) is 10.2 Å². The number of halogens is 1. The van der Waals surface area contributed by atoms with E-state index in [1.807, 2.05) is 26.0 Å². The maximum atomic E-state index is 13.5. The highest BCUT2D eigenvalue weighted by Gasteiger charge is 2.12. The van der Waals surface area contributed by atoms with Crippen LogP contribution in [0, 0.1) is 19.7 Å². The molecule has 1 N–H and O–H groups in total. The number of nitrogens with zero attached hydrogens (tertiary/aromatic N) is 2. The summed E-state index contributed by atoms with van der Waals surface area (Å²) in [6.07, 6.45) is 0. The third kappa shape index (κ3) is 4.70. The van der Waals surface area contributed by atoms with E-state index in [-0.39, 0.29) is 24.0 Å². The van der Waals surface area contributed by atoms with E-state index in [4.69, 9.17) is 4.42 Å². The van der Waals surface area contributed by atoms with Gasteiger partial charge in [-0.3, -0.25) is 4.79 Å². The Kier molecular flexibility index (Phi) is 5.68. The molecule has 26 heavy (non-hydrogen) atoms. The number of aromatic nitrogens is 2. The second kappa shape index (κ2) is 8.14. The molecule has 0 atom stereocenters. The Labute approximate surface area is 155 Å². The summed E-state index contributed by atoms with van der Waals surface area (Å²) in [5.41, 5.74) is 3.52. The van der Waals surface area contributed by atoms with Crippen LogP contribution >= 0.6 is 11.8 Å². The summed E-state index contributed by atoms with van der Waals surface area (Å²) < 4.78 is 19.1. The zero-order valence-corrected chi connectivity index (χ0v) is 15.3. The van der Waals surface area contributed by atoms with Crippen molar-refractivity contribution in [3.63, 3.8) is 0 Å². The number of hydrogen-bond acceptors (Lipinski definition) is 5. The third-order valence-corrected chi connectivity index (χ3v) is 4.45. The molecule has 0 saturated heterocycles. The first-order valence-electron chi connectivity index (χ1n) is 8.06. The molecule has 0 saturated carbocycles. The van der Waals surface area contributed by atoms with Crippen molar-refractivity contribution in [2.45, 2.75) is 25.6 Å². The van der Waals surface area contributed by atoms with Crippen LogP contribution in [0.1, 0.15) is 16.7 Å². The van der Waals surface area contributed by atoms with E-state index in [1.165, 1.54) is 6.07 Å². The van der Waals surface area contributed by atoms with Crippen LogP contribution in [0.3, 0.4) is 0 Å². The summed E-state index contributed by atoms with van der Waals surface area (Å²) in [5, 5.41) is 11.0. The van der Waals surface area contributed by atoms with E-state index >= 15 is 0 Å². The average Bonchev–Trinajstić information content (AvgIpc) is 3.07. The van der Waals surface area contributed by atoms with E-state index in [1.54, 1.807) is 18.2 Å². The molecule has 0 spiro atoms. The number of amides is 1. The van der Waals surface area contributed by atoms with Crippen molar-refractivity contribution in [1.82, 2.24) is 15.5 Å². The van der Waals surface area contributed by atoms with Crippen LogP contribution in [0.2, 0.25) is 0 Å². The number of carbonyl (C=O) groups is 1. The van der Waals surface area contributed by atoms with Crippen molar-refractivity contribution in [2.24, 2.45) is 0 Å². The SMILES string of the molecule is Cc1cc(C)cc(-c2nnc(SCC(=O)NCc3ccccc3F)o2)c1. The van der Waals surface area contributed by atoms with E-state index in [9.17, 15) is 9.18 Å². The van der Waals surface area contributed by atoms with Gasteiger partial charge in [-0.25, -0.2) is 4.39 Å². The number of nitrogens with one attached hydrogen (secondary N) is 1. The lowest BCUT2D eigenvalue weighted by molar-refractivity contribution is -0.118. The monoisotopic (exact) mass is 371 g/mol. The molecule has 0 radical (unpaired) electrons. The lowest BCUT2D eigenvalue weighted by atomic mass is 10.1. The minimum absolute atomic E-state index is 0.114. The van der Waals surface area contributed by atoms with Crippen molar-refractivity contribution in [3.05, 3.63) is 65.0 Å². The average molecular weight is 371 g/mol. The second-order valence-electron chi connectivity index (χ2n) is 5.91. The number of rotatable bonds is 6. The molecule has 134 valence electrons. The molecule has 2 aromatic carbocycles. The third-order valence-electron chi connectivity index (χ3n) is 3.64. The zero-order valence-electron chi connectivity index (χ0n) is 14.5. The van der Waals surface area contributed by atoms with E-state index in [0.717, 1.165) is 28.5 Å². The molecule has 0 bridgehead atoms. The molecule has 1 heterocycles. The first-order chi connectivity index (χ1) is 12.5. The van der Waals surface area contributed by atoms with Gasteiger partial charge < -0.3 is 9.73 Å². The number of aryl methyl sites for hydroxylation is 2. The Hall–Kier alpha value is -2.67. The molecule has 1 amide bonds.